The van der Waals surface area contributed by atoms with Crippen molar-refractivity contribution in [3.8, 4) is 0 Å². The van der Waals surface area contributed by atoms with Crippen molar-refractivity contribution in [2.24, 2.45) is 11.7 Å². The number of nitrogens with zero attached hydrogens (tertiary/aromatic N) is 1. The van der Waals surface area contributed by atoms with E-state index >= 15 is 0 Å². The van der Waals surface area contributed by atoms with E-state index in [1.54, 1.807) is 0 Å². The molecular weight excluding hydrogens is 203 g/mol. The van der Waals surface area contributed by atoms with E-state index in [2.05, 4.69) is 25.7 Å². The fraction of sp³-hybridized carbons (Fsp3) is 0.538. The minimum absolute atomic E-state index is 0.200. The maximum atomic E-state index is 12.9. The summed E-state index contributed by atoms with van der Waals surface area (Å²) in [4.78, 5) is 2.23. The van der Waals surface area contributed by atoms with E-state index in [0.29, 0.717) is 18.5 Å². The van der Waals surface area contributed by atoms with Gasteiger partial charge in [0.2, 0.25) is 0 Å². The normalized spacial score (nSPS) is 12.9. The number of rotatable bonds is 5. The quantitative estimate of drug-likeness (QED) is 0.833. The molecule has 0 spiro atoms. The van der Waals surface area contributed by atoms with Crippen LogP contribution >= 0.6 is 0 Å². The predicted molar refractivity (Wildman–Crippen MR) is 67.1 cm³/mol. The summed E-state index contributed by atoms with van der Waals surface area (Å²) in [7, 11) is 0. The minimum Gasteiger partial charge on any atom is -0.367 e. The number of benzene rings is 1. The van der Waals surface area contributed by atoms with E-state index in [0.717, 1.165) is 12.2 Å². The number of anilines is 1. The first kappa shape index (κ1) is 13.0. The van der Waals surface area contributed by atoms with Crippen molar-refractivity contribution in [1.82, 2.24) is 0 Å². The zero-order valence-electron chi connectivity index (χ0n) is 10.3. The van der Waals surface area contributed by atoms with E-state index < -0.39 is 0 Å². The topological polar surface area (TPSA) is 29.3 Å². The van der Waals surface area contributed by atoms with Crippen molar-refractivity contribution >= 4 is 5.69 Å². The summed E-state index contributed by atoms with van der Waals surface area (Å²) in [6.45, 7) is 7.90. The molecule has 0 saturated carbocycles. The molecule has 0 saturated heterocycles. The molecule has 1 rings (SSSR count). The van der Waals surface area contributed by atoms with E-state index in [1.807, 2.05) is 12.1 Å². The number of hydrogen-bond donors (Lipinski definition) is 1. The summed E-state index contributed by atoms with van der Waals surface area (Å²) in [6.07, 6.45) is 0. The monoisotopic (exact) mass is 224 g/mol. The van der Waals surface area contributed by atoms with Crippen molar-refractivity contribution < 1.29 is 4.39 Å². The third-order valence-corrected chi connectivity index (χ3v) is 2.91. The first-order chi connectivity index (χ1) is 7.60. The second kappa shape index (κ2) is 5.85. The molecule has 3 heteroatoms. The number of nitrogens with two attached hydrogens (primary N) is 1. The lowest BCUT2D eigenvalue weighted by Gasteiger charge is -2.34. The summed E-state index contributed by atoms with van der Waals surface area (Å²) < 4.78 is 12.9. The molecule has 2 nitrogen and oxygen atoms in total. The average molecular weight is 224 g/mol. The highest BCUT2D eigenvalue weighted by atomic mass is 19.1. The second-order valence-electron chi connectivity index (χ2n) is 4.31. The lowest BCUT2D eigenvalue weighted by molar-refractivity contribution is 0.465. The van der Waals surface area contributed by atoms with E-state index in [9.17, 15) is 4.39 Å². The van der Waals surface area contributed by atoms with Gasteiger partial charge in [-0.3, -0.25) is 0 Å². The molecule has 0 amide bonds. The van der Waals surface area contributed by atoms with Crippen LogP contribution in [0.15, 0.2) is 24.3 Å². The highest BCUT2D eigenvalue weighted by molar-refractivity contribution is 5.47. The van der Waals surface area contributed by atoms with Crippen molar-refractivity contribution in [2.45, 2.75) is 26.8 Å². The maximum Gasteiger partial charge on any atom is 0.123 e. The minimum atomic E-state index is -0.200. The van der Waals surface area contributed by atoms with E-state index in [-0.39, 0.29) is 5.82 Å². The van der Waals surface area contributed by atoms with Gasteiger partial charge in [-0.2, -0.15) is 0 Å². The molecule has 0 aliphatic carbocycles. The SMILES string of the molecule is CCN(c1ccc(F)cc1)C(CN)C(C)C. The molecule has 0 aromatic heterocycles. The Morgan fingerprint density at radius 3 is 2.19 bits per heavy atom. The Hall–Kier alpha value is -1.09. The summed E-state index contributed by atoms with van der Waals surface area (Å²) in [5.41, 5.74) is 6.84. The van der Waals surface area contributed by atoms with Gasteiger partial charge in [0.05, 0.1) is 0 Å². The lowest BCUT2D eigenvalue weighted by atomic mass is 10.0. The van der Waals surface area contributed by atoms with Crippen LogP contribution in [0.4, 0.5) is 10.1 Å². The molecule has 0 radical (unpaired) electrons. The van der Waals surface area contributed by atoms with Crippen LogP contribution in [0.25, 0.3) is 0 Å². The van der Waals surface area contributed by atoms with Gasteiger partial charge in [-0.15, -0.1) is 0 Å². The van der Waals surface area contributed by atoms with Crippen molar-refractivity contribution in [3.63, 3.8) is 0 Å². The first-order valence-electron chi connectivity index (χ1n) is 5.82. The van der Waals surface area contributed by atoms with Crippen molar-refractivity contribution in [1.29, 1.82) is 0 Å². The first-order valence-corrected chi connectivity index (χ1v) is 5.82. The predicted octanol–water partition coefficient (Wildman–Crippen LogP) is 2.64. The molecule has 0 heterocycles. The Labute approximate surface area is 97.3 Å². The largest absolute Gasteiger partial charge is 0.367 e. The van der Waals surface area contributed by atoms with E-state index in [1.165, 1.54) is 12.1 Å². The molecule has 90 valence electrons. The number of likely N-dealkylation sites (N-methyl/N-ethyl adjacent to an activating group) is 1. The van der Waals surface area contributed by atoms with Crippen LogP contribution in [0.5, 0.6) is 0 Å². The van der Waals surface area contributed by atoms with E-state index in [4.69, 9.17) is 5.73 Å². The summed E-state index contributed by atoms with van der Waals surface area (Å²) in [6, 6.07) is 6.90. The number of halogens is 1. The smallest absolute Gasteiger partial charge is 0.123 e. The molecule has 0 aliphatic heterocycles. The third kappa shape index (κ3) is 2.95. The zero-order chi connectivity index (χ0) is 12.1. The zero-order valence-corrected chi connectivity index (χ0v) is 10.3. The van der Waals surface area contributed by atoms with Crippen LogP contribution in [0, 0.1) is 11.7 Å². The Bertz CT molecular complexity index is 308. The van der Waals surface area contributed by atoms with Crippen molar-refractivity contribution in [3.05, 3.63) is 30.1 Å². The van der Waals surface area contributed by atoms with Gasteiger partial charge in [0, 0.05) is 24.8 Å². The molecule has 1 aromatic rings. The molecule has 1 unspecified atom stereocenters. The molecule has 1 aromatic carbocycles. The Balaban J connectivity index is 2.92. The number of hydrogen-bond acceptors (Lipinski definition) is 2. The molecule has 2 N–H and O–H groups in total. The van der Waals surface area contributed by atoms with Gasteiger partial charge in [0.25, 0.3) is 0 Å². The van der Waals surface area contributed by atoms with Crippen LogP contribution in [0.3, 0.4) is 0 Å². The molecular formula is C13H21FN2. The Kier molecular flexibility index (Phi) is 4.74. The van der Waals surface area contributed by atoms with Crippen molar-refractivity contribution in [2.75, 3.05) is 18.0 Å². The van der Waals surface area contributed by atoms with Gasteiger partial charge in [0.1, 0.15) is 5.82 Å². The fourth-order valence-electron chi connectivity index (χ4n) is 2.00. The van der Waals surface area contributed by atoms with Gasteiger partial charge < -0.3 is 10.6 Å². The summed E-state index contributed by atoms with van der Waals surface area (Å²) >= 11 is 0. The molecule has 1 atom stereocenters. The molecule has 0 bridgehead atoms. The van der Waals surface area contributed by atoms with Gasteiger partial charge >= 0.3 is 0 Å². The van der Waals surface area contributed by atoms with Crippen LogP contribution < -0.4 is 10.6 Å². The Morgan fingerprint density at radius 1 is 1.25 bits per heavy atom. The van der Waals surface area contributed by atoms with Gasteiger partial charge in [-0.1, -0.05) is 13.8 Å². The van der Waals surface area contributed by atoms with Gasteiger partial charge in [-0.05, 0) is 37.1 Å². The van der Waals surface area contributed by atoms with Gasteiger partial charge in [-0.25, -0.2) is 4.39 Å². The fourth-order valence-corrected chi connectivity index (χ4v) is 2.00. The van der Waals surface area contributed by atoms with Gasteiger partial charge in [0.15, 0.2) is 0 Å². The third-order valence-electron chi connectivity index (χ3n) is 2.91. The highest BCUT2D eigenvalue weighted by Crippen LogP contribution is 2.20. The van der Waals surface area contributed by atoms with Crippen LogP contribution in [0.1, 0.15) is 20.8 Å². The summed E-state index contributed by atoms with van der Waals surface area (Å²) in [5, 5.41) is 0. The average Bonchev–Trinajstić information content (AvgIpc) is 2.26. The molecule has 16 heavy (non-hydrogen) atoms. The standard InChI is InChI=1S/C13H21FN2/c1-4-16(13(9-15)10(2)3)12-7-5-11(14)6-8-12/h5-8,10,13H,4,9,15H2,1-3H3. The molecule has 0 aliphatic rings. The Morgan fingerprint density at radius 2 is 1.81 bits per heavy atom. The van der Waals surface area contributed by atoms with Crippen LogP contribution in [0.2, 0.25) is 0 Å². The summed E-state index contributed by atoms with van der Waals surface area (Å²) in [5.74, 6) is 0.281. The second-order valence-corrected chi connectivity index (χ2v) is 4.31. The lowest BCUT2D eigenvalue weighted by Crippen LogP contribution is -2.44. The van der Waals surface area contributed by atoms with Crippen LogP contribution in [-0.2, 0) is 0 Å². The maximum absolute atomic E-state index is 12.9. The molecule has 0 fully saturated rings. The van der Waals surface area contributed by atoms with Crippen LogP contribution in [-0.4, -0.2) is 19.1 Å². The highest BCUT2D eigenvalue weighted by Gasteiger charge is 2.19.